The minimum Gasteiger partial charge on any atom is -0.481 e. The van der Waals surface area contributed by atoms with Crippen molar-refractivity contribution in [3.05, 3.63) is 20.8 Å². The molecule has 0 radical (unpaired) electrons. The molecule has 0 aliphatic carbocycles. The Labute approximate surface area is 118 Å². The molecule has 0 bridgehead atoms. The fraction of sp³-hybridized carbons (Fsp3) is 0.500. The summed E-state index contributed by atoms with van der Waals surface area (Å²) < 4.78 is 2.30. The fourth-order valence-electron chi connectivity index (χ4n) is 2.62. The Morgan fingerprint density at radius 1 is 1.33 bits per heavy atom. The van der Waals surface area contributed by atoms with Crippen molar-refractivity contribution in [2.75, 3.05) is 18.0 Å². The number of aromatic nitrogens is 4. The van der Waals surface area contributed by atoms with Gasteiger partial charge in [-0.15, -0.1) is 0 Å². The van der Waals surface area contributed by atoms with Gasteiger partial charge < -0.3 is 15.0 Å². The predicted molar refractivity (Wildman–Crippen MR) is 74.5 cm³/mol. The molecule has 1 fully saturated rings. The van der Waals surface area contributed by atoms with E-state index in [9.17, 15) is 14.4 Å². The number of H-pyrrole nitrogens is 1. The molecule has 0 spiro atoms. The number of aliphatic carboxylic acids is 1. The normalized spacial score (nSPS) is 18.6. The van der Waals surface area contributed by atoms with E-state index in [0.717, 1.165) is 4.57 Å². The van der Waals surface area contributed by atoms with Crippen LogP contribution in [0, 0.1) is 5.92 Å². The van der Waals surface area contributed by atoms with Crippen molar-refractivity contribution in [2.45, 2.75) is 6.42 Å². The van der Waals surface area contributed by atoms with Gasteiger partial charge in [-0.25, -0.2) is 4.79 Å². The molecule has 0 amide bonds. The molecule has 3 rings (SSSR count). The van der Waals surface area contributed by atoms with Gasteiger partial charge in [0.15, 0.2) is 11.2 Å². The molecule has 2 aromatic heterocycles. The first-order valence-electron chi connectivity index (χ1n) is 6.53. The molecule has 0 saturated carbocycles. The highest BCUT2D eigenvalue weighted by molar-refractivity contribution is 5.74. The third-order valence-corrected chi connectivity index (χ3v) is 3.92. The molecular formula is C12H15N5O4. The van der Waals surface area contributed by atoms with Crippen LogP contribution in [-0.2, 0) is 18.9 Å². The molecule has 112 valence electrons. The number of anilines is 1. The van der Waals surface area contributed by atoms with Gasteiger partial charge in [-0.2, -0.15) is 4.98 Å². The first-order valence-corrected chi connectivity index (χ1v) is 6.53. The summed E-state index contributed by atoms with van der Waals surface area (Å²) in [5.41, 5.74) is -0.374. The van der Waals surface area contributed by atoms with Crippen LogP contribution in [0.1, 0.15) is 6.42 Å². The van der Waals surface area contributed by atoms with Crippen molar-refractivity contribution in [3.63, 3.8) is 0 Å². The molecule has 2 aromatic rings. The summed E-state index contributed by atoms with van der Waals surface area (Å²) in [7, 11) is 2.94. The van der Waals surface area contributed by atoms with Crippen LogP contribution >= 0.6 is 0 Å². The van der Waals surface area contributed by atoms with E-state index in [0.29, 0.717) is 25.5 Å². The number of fused-ring (bicyclic) bond motifs is 1. The third kappa shape index (κ3) is 1.92. The lowest BCUT2D eigenvalue weighted by molar-refractivity contribution is -0.140. The lowest BCUT2D eigenvalue weighted by atomic mass is 10.1. The number of aromatic amines is 1. The van der Waals surface area contributed by atoms with Gasteiger partial charge in [0.25, 0.3) is 5.56 Å². The van der Waals surface area contributed by atoms with Crippen LogP contribution in [0.4, 0.5) is 5.95 Å². The minimum atomic E-state index is -0.836. The highest BCUT2D eigenvalue weighted by atomic mass is 16.4. The second kappa shape index (κ2) is 4.47. The van der Waals surface area contributed by atoms with E-state index in [-0.39, 0.29) is 11.2 Å². The second-order valence-corrected chi connectivity index (χ2v) is 5.23. The number of nitrogens with zero attached hydrogens (tertiary/aromatic N) is 4. The Morgan fingerprint density at radius 2 is 2.05 bits per heavy atom. The quantitative estimate of drug-likeness (QED) is 0.724. The fourth-order valence-corrected chi connectivity index (χ4v) is 2.62. The van der Waals surface area contributed by atoms with Gasteiger partial charge in [-0.1, -0.05) is 0 Å². The first-order chi connectivity index (χ1) is 9.90. The third-order valence-electron chi connectivity index (χ3n) is 3.92. The summed E-state index contributed by atoms with van der Waals surface area (Å²) in [5, 5.41) is 9.02. The number of carboxylic acids is 1. The van der Waals surface area contributed by atoms with Crippen molar-refractivity contribution in [1.29, 1.82) is 0 Å². The molecule has 1 atom stereocenters. The van der Waals surface area contributed by atoms with Crippen molar-refractivity contribution in [1.82, 2.24) is 19.1 Å². The zero-order valence-corrected chi connectivity index (χ0v) is 11.7. The molecule has 1 saturated heterocycles. The summed E-state index contributed by atoms with van der Waals surface area (Å²) in [6.45, 7) is 0.883. The minimum absolute atomic E-state index is 0.244. The van der Waals surface area contributed by atoms with Gasteiger partial charge in [0.2, 0.25) is 5.95 Å². The van der Waals surface area contributed by atoms with Crippen molar-refractivity contribution >= 4 is 23.1 Å². The number of hydrogen-bond donors (Lipinski definition) is 2. The Hall–Kier alpha value is -2.58. The molecule has 1 aliphatic rings. The van der Waals surface area contributed by atoms with Crippen molar-refractivity contribution in [3.8, 4) is 0 Å². The van der Waals surface area contributed by atoms with Crippen LogP contribution in [0.2, 0.25) is 0 Å². The number of aryl methyl sites for hydroxylation is 1. The maximum atomic E-state index is 12.1. The van der Waals surface area contributed by atoms with Crippen molar-refractivity contribution < 1.29 is 9.90 Å². The number of carboxylic acid groups (broad SMARTS) is 1. The van der Waals surface area contributed by atoms with Crippen LogP contribution in [0.15, 0.2) is 9.59 Å². The maximum absolute atomic E-state index is 12.1. The van der Waals surface area contributed by atoms with Crippen LogP contribution in [-0.4, -0.2) is 43.3 Å². The smallest absolute Gasteiger partial charge is 0.332 e. The van der Waals surface area contributed by atoms with Crippen LogP contribution < -0.4 is 16.1 Å². The second-order valence-electron chi connectivity index (χ2n) is 5.23. The monoisotopic (exact) mass is 293 g/mol. The summed E-state index contributed by atoms with van der Waals surface area (Å²) in [6.07, 6.45) is 0.531. The van der Waals surface area contributed by atoms with Gasteiger partial charge in [0.1, 0.15) is 0 Å². The standard InChI is InChI=1S/C12H15N5O4/c1-15-8-7(9(18)16(2)12(15)21)13-11(14-8)17-4-3-6(5-17)10(19)20/h6H,3-5H2,1-2H3,(H,13,14)(H,19,20). The Morgan fingerprint density at radius 3 is 2.67 bits per heavy atom. The molecule has 1 aliphatic heterocycles. The number of hydrogen-bond acceptors (Lipinski definition) is 5. The zero-order chi connectivity index (χ0) is 15.3. The van der Waals surface area contributed by atoms with Crippen molar-refractivity contribution in [2.24, 2.45) is 20.0 Å². The number of imidazole rings is 1. The van der Waals surface area contributed by atoms with Crippen LogP contribution in [0.25, 0.3) is 11.2 Å². The van der Waals surface area contributed by atoms with E-state index in [1.807, 2.05) is 0 Å². The van der Waals surface area contributed by atoms with Gasteiger partial charge in [0, 0.05) is 27.2 Å². The van der Waals surface area contributed by atoms with Gasteiger partial charge in [-0.3, -0.25) is 18.7 Å². The Bertz CT molecular complexity index is 846. The van der Waals surface area contributed by atoms with E-state index < -0.39 is 23.1 Å². The van der Waals surface area contributed by atoms with Crippen LogP contribution in [0.3, 0.4) is 0 Å². The van der Waals surface area contributed by atoms with E-state index >= 15 is 0 Å². The SMILES string of the molecule is Cn1c(=O)c2[nH]c(N3CCC(C(=O)O)C3)nc2n(C)c1=O. The summed E-state index contributed by atoms with van der Waals surface area (Å²) >= 11 is 0. The Balaban J connectivity index is 2.09. The predicted octanol–water partition coefficient (Wildman–Crippen LogP) is -1.13. The highest BCUT2D eigenvalue weighted by Crippen LogP contribution is 2.22. The largest absolute Gasteiger partial charge is 0.481 e. The lowest BCUT2D eigenvalue weighted by Crippen LogP contribution is -2.36. The summed E-state index contributed by atoms with van der Waals surface area (Å²) in [6, 6.07) is 0. The molecule has 9 heteroatoms. The zero-order valence-electron chi connectivity index (χ0n) is 11.7. The highest BCUT2D eigenvalue weighted by Gasteiger charge is 2.30. The van der Waals surface area contributed by atoms with Gasteiger partial charge in [0.05, 0.1) is 5.92 Å². The van der Waals surface area contributed by atoms with E-state index in [2.05, 4.69) is 9.97 Å². The van der Waals surface area contributed by atoms with Gasteiger partial charge in [-0.05, 0) is 6.42 Å². The summed E-state index contributed by atoms with van der Waals surface area (Å²) in [4.78, 5) is 43.9. The molecule has 3 heterocycles. The maximum Gasteiger partial charge on any atom is 0.332 e. The first kappa shape index (κ1) is 13.4. The molecule has 9 nitrogen and oxygen atoms in total. The van der Waals surface area contributed by atoms with Gasteiger partial charge >= 0.3 is 11.7 Å². The van der Waals surface area contributed by atoms with Crippen LogP contribution in [0.5, 0.6) is 0 Å². The average Bonchev–Trinajstić information content (AvgIpc) is 3.08. The Kier molecular flexibility index (Phi) is 2.85. The summed E-state index contributed by atoms with van der Waals surface area (Å²) in [5.74, 6) is -0.853. The number of carbonyl (C=O) groups is 1. The molecular weight excluding hydrogens is 278 g/mol. The average molecular weight is 293 g/mol. The molecule has 1 unspecified atom stereocenters. The van der Waals surface area contributed by atoms with E-state index in [4.69, 9.17) is 5.11 Å². The molecule has 21 heavy (non-hydrogen) atoms. The number of nitrogens with one attached hydrogen (secondary N) is 1. The number of rotatable bonds is 2. The lowest BCUT2D eigenvalue weighted by Gasteiger charge is -2.13. The van der Waals surface area contributed by atoms with E-state index in [1.165, 1.54) is 11.6 Å². The topological polar surface area (TPSA) is 113 Å². The van der Waals surface area contributed by atoms with E-state index in [1.54, 1.807) is 11.9 Å². The molecule has 0 aromatic carbocycles. The molecule has 2 N–H and O–H groups in total.